The molecule has 226 valence electrons. The zero-order chi connectivity index (χ0) is 30.7. The Labute approximate surface area is 255 Å². The number of rotatable bonds is 8. The van der Waals surface area contributed by atoms with Crippen LogP contribution in [0.3, 0.4) is 0 Å². The normalized spacial score (nSPS) is 22.2. The lowest BCUT2D eigenvalue weighted by Crippen LogP contribution is -2.58. The number of nitrogens with zero attached hydrogens (tertiary/aromatic N) is 3. The minimum absolute atomic E-state index is 0.126. The minimum atomic E-state index is -4.97. The average molecular weight is 632 g/mol. The predicted molar refractivity (Wildman–Crippen MR) is 159 cm³/mol. The van der Waals surface area contributed by atoms with E-state index in [0.29, 0.717) is 18.0 Å². The lowest BCUT2D eigenvalue weighted by atomic mass is 9.74. The van der Waals surface area contributed by atoms with Gasteiger partial charge in [-0.05, 0) is 27.9 Å². The number of amides is 1. The number of carbonyl (C=O) groups is 1. The van der Waals surface area contributed by atoms with Gasteiger partial charge in [0.25, 0.3) is 0 Å². The minimum Gasteiger partial charge on any atom is -0.380 e. The number of morpholine rings is 1. The molecule has 7 nitrogen and oxygen atoms in total. The summed E-state index contributed by atoms with van der Waals surface area (Å²) in [4.78, 5) is 14.5. The molecule has 0 saturated carbocycles. The number of hydrogen-bond donors (Lipinski definition) is 0. The van der Waals surface area contributed by atoms with Crippen LogP contribution in [0.5, 0.6) is 0 Å². The monoisotopic (exact) mass is 631 g/mol. The van der Waals surface area contributed by atoms with Crippen molar-refractivity contribution in [1.29, 1.82) is 0 Å². The van der Waals surface area contributed by atoms with Gasteiger partial charge in [0.2, 0.25) is 0 Å². The van der Waals surface area contributed by atoms with E-state index in [1.165, 1.54) is 4.67 Å². The Bertz CT molecular complexity index is 1320. The maximum atomic E-state index is 13.4. The lowest BCUT2D eigenvalue weighted by Gasteiger charge is -2.50. The molecule has 0 bridgehead atoms. The van der Waals surface area contributed by atoms with Gasteiger partial charge in [0.05, 0.1) is 18.2 Å². The molecule has 43 heavy (non-hydrogen) atoms. The molecule has 2 aliphatic heterocycles. The van der Waals surface area contributed by atoms with Crippen LogP contribution in [-0.2, 0) is 24.2 Å². The zero-order valence-electron chi connectivity index (χ0n) is 23.3. The summed E-state index contributed by atoms with van der Waals surface area (Å²) < 4.78 is 64.8. The van der Waals surface area contributed by atoms with E-state index in [0.717, 1.165) is 16.7 Å². The van der Waals surface area contributed by atoms with Gasteiger partial charge in [-0.3, -0.25) is 14.3 Å². The van der Waals surface area contributed by atoms with Gasteiger partial charge in [-0.1, -0.05) is 91.0 Å². The standard InChI is InChI=1S/C30H31BClF3N3O4P/c31-27-21-37(20-26(42-27)22-41-43(32,40)38-18-16-36(17-19-38)28(39)30(33,34)35)29(23-10-4-1-5-11-23,24-12-6-2-7-13-24)25-14-8-3-9-15-25/h1-15,26-27H,16-22H2. The van der Waals surface area contributed by atoms with Crippen molar-refractivity contribution in [3.05, 3.63) is 108 Å². The second kappa shape index (κ2) is 13.1. The molecule has 2 heterocycles. The molecule has 13 heteroatoms. The summed E-state index contributed by atoms with van der Waals surface area (Å²) in [6.45, 7) is -4.18. The topological polar surface area (TPSA) is 62.3 Å². The molecule has 0 spiro atoms. The van der Waals surface area contributed by atoms with E-state index in [4.69, 9.17) is 28.3 Å². The fourth-order valence-electron chi connectivity index (χ4n) is 5.90. The highest BCUT2D eigenvalue weighted by atomic mass is 35.7. The fourth-order valence-corrected chi connectivity index (χ4v) is 7.69. The van der Waals surface area contributed by atoms with E-state index in [2.05, 4.69) is 41.3 Å². The van der Waals surface area contributed by atoms with E-state index in [9.17, 15) is 22.5 Å². The Morgan fingerprint density at radius 2 is 1.33 bits per heavy atom. The number of hydrogen-bond acceptors (Lipinski definition) is 5. The van der Waals surface area contributed by atoms with Gasteiger partial charge in [0, 0.05) is 45.3 Å². The molecule has 0 N–H and O–H groups in total. The molecule has 2 aliphatic rings. The van der Waals surface area contributed by atoms with Crippen molar-refractivity contribution in [2.45, 2.75) is 23.8 Å². The van der Waals surface area contributed by atoms with Crippen molar-refractivity contribution < 1.29 is 31.8 Å². The molecule has 1 amide bonds. The van der Waals surface area contributed by atoms with E-state index < -0.39 is 36.6 Å². The molecule has 0 aromatic heterocycles. The van der Waals surface area contributed by atoms with Crippen LogP contribution in [0.4, 0.5) is 13.2 Å². The average Bonchev–Trinajstić information content (AvgIpc) is 3.01. The summed E-state index contributed by atoms with van der Waals surface area (Å²) in [5.41, 5.74) is 2.32. The SMILES string of the molecule is [B]C1CN(C(c2ccccc2)(c2ccccc2)c2ccccc2)CC(COP(=O)(Cl)N2CCN(C(=O)C(F)(F)F)CC2)O1. The summed E-state index contributed by atoms with van der Waals surface area (Å²) in [5, 5.41) is 0. The number of halogens is 4. The molecule has 3 atom stereocenters. The first kappa shape index (κ1) is 31.8. The van der Waals surface area contributed by atoms with Crippen LogP contribution in [-0.4, -0.2) is 92.4 Å². The van der Waals surface area contributed by atoms with Crippen molar-refractivity contribution in [3.8, 4) is 0 Å². The Balaban J connectivity index is 1.38. The molecular formula is C30H31BClF3N3O4P. The molecule has 2 fully saturated rings. The molecular weight excluding hydrogens is 601 g/mol. The van der Waals surface area contributed by atoms with Gasteiger partial charge < -0.3 is 14.2 Å². The van der Waals surface area contributed by atoms with Crippen LogP contribution in [0.1, 0.15) is 16.7 Å². The largest absolute Gasteiger partial charge is 0.471 e. The van der Waals surface area contributed by atoms with Crippen molar-refractivity contribution in [2.75, 3.05) is 45.9 Å². The van der Waals surface area contributed by atoms with Gasteiger partial charge in [0.15, 0.2) is 0 Å². The summed E-state index contributed by atoms with van der Waals surface area (Å²) in [5.74, 6) is -1.93. The highest BCUT2D eigenvalue weighted by molar-refractivity contribution is 7.83. The zero-order valence-corrected chi connectivity index (χ0v) is 24.9. The summed E-state index contributed by atoms with van der Waals surface area (Å²) in [7, 11) is 6.45. The summed E-state index contributed by atoms with van der Waals surface area (Å²) in [6, 6.07) is 29.5. The maximum Gasteiger partial charge on any atom is 0.471 e. The van der Waals surface area contributed by atoms with Crippen LogP contribution < -0.4 is 0 Å². The number of piperazine rings is 1. The molecule has 2 saturated heterocycles. The maximum absolute atomic E-state index is 13.4. The Morgan fingerprint density at radius 1 is 0.860 bits per heavy atom. The van der Waals surface area contributed by atoms with Gasteiger partial charge >= 0.3 is 19.0 Å². The van der Waals surface area contributed by atoms with Crippen molar-refractivity contribution >= 4 is 31.9 Å². The quantitative estimate of drug-likeness (QED) is 0.193. The Morgan fingerprint density at radius 3 is 1.77 bits per heavy atom. The van der Waals surface area contributed by atoms with Crippen molar-refractivity contribution in [1.82, 2.24) is 14.5 Å². The fraction of sp³-hybridized carbons (Fsp3) is 0.367. The molecule has 3 unspecified atom stereocenters. The predicted octanol–water partition coefficient (Wildman–Crippen LogP) is 5.24. The van der Waals surface area contributed by atoms with Crippen LogP contribution in [0, 0.1) is 0 Å². The number of carbonyl (C=O) groups excluding carboxylic acids is 1. The number of alkyl halides is 3. The third-order valence-electron chi connectivity index (χ3n) is 7.78. The van der Waals surface area contributed by atoms with E-state index in [1.807, 2.05) is 54.6 Å². The first-order chi connectivity index (χ1) is 20.5. The van der Waals surface area contributed by atoms with E-state index in [1.54, 1.807) is 0 Å². The van der Waals surface area contributed by atoms with Crippen LogP contribution in [0.2, 0.25) is 0 Å². The van der Waals surface area contributed by atoms with Crippen LogP contribution in [0.25, 0.3) is 0 Å². The highest BCUT2D eigenvalue weighted by Gasteiger charge is 2.47. The lowest BCUT2D eigenvalue weighted by molar-refractivity contribution is -0.186. The molecule has 3 aromatic rings. The first-order valence-electron chi connectivity index (χ1n) is 13.9. The summed E-state index contributed by atoms with van der Waals surface area (Å²) >= 11 is 6.34. The van der Waals surface area contributed by atoms with Gasteiger partial charge in [-0.25, -0.2) is 4.67 Å². The van der Waals surface area contributed by atoms with Gasteiger partial charge in [-0.15, -0.1) is 0 Å². The third kappa shape index (κ3) is 6.87. The summed E-state index contributed by atoms with van der Waals surface area (Å²) in [6.07, 6.45) is -5.60. The molecule has 5 rings (SSSR count). The van der Waals surface area contributed by atoms with Crippen LogP contribution >= 0.6 is 18.1 Å². The van der Waals surface area contributed by atoms with Gasteiger partial charge in [0.1, 0.15) is 7.85 Å². The van der Waals surface area contributed by atoms with E-state index >= 15 is 0 Å². The van der Waals surface area contributed by atoms with Crippen LogP contribution in [0.15, 0.2) is 91.0 Å². The van der Waals surface area contributed by atoms with Crippen molar-refractivity contribution in [3.63, 3.8) is 0 Å². The first-order valence-corrected chi connectivity index (χ1v) is 16.4. The van der Waals surface area contributed by atoms with Gasteiger partial charge in [-0.2, -0.15) is 13.2 Å². The highest BCUT2D eigenvalue weighted by Crippen LogP contribution is 2.56. The number of ether oxygens (including phenoxy) is 1. The smallest absolute Gasteiger partial charge is 0.380 e. The van der Waals surface area contributed by atoms with Crippen molar-refractivity contribution in [2.24, 2.45) is 0 Å². The Kier molecular flexibility index (Phi) is 9.71. The molecule has 0 aliphatic carbocycles. The number of benzene rings is 3. The second-order valence-electron chi connectivity index (χ2n) is 10.5. The third-order valence-corrected chi connectivity index (χ3v) is 10.3. The molecule has 2 radical (unpaired) electrons. The second-order valence-corrected chi connectivity index (χ2v) is 13.5. The van der Waals surface area contributed by atoms with E-state index in [-0.39, 0.29) is 32.8 Å². The Hall–Kier alpha value is -2.66. The molecule has 3 aromatic carbocycles.